The lowest BCUT2D eigenvalue weighted by atomic mass is 10.3. The summed E-state index contributed by atoms with van der Waals surface area (Å²) in [6.07, 6.45) is -1.00. The van der Waals surface area contributed by atoms with Crippen molar-refractivity contribution in [3.63, 3.8) is 0 Å². The minimum absolute atomic E-state index is 0.0930. The molecular weight excluding hydrogens is 348 g/mol. The maximum absolute atomic E-state index is 12.0. The highest BCUT2D eigenvalue weighted by Gasteiger charge is 2.19. The van der Waals surface area contributed by atoms with E-state index in [1.165, 1.54) is 31.2 Å². The second-order valence-electron chi connectivity index (χ2n) is 5.56. The molecule has 0 heterocycles. The number of hydrogen-bond donors (Lipinski definition) is 2. The predicted molar refractivity (Wildman–Crippen MR) is 92.6 cm³/mol. The van der Waals surface area contributed by atoms with E-state index >= 15 is 0 Å². The Morgan fingerprint density at radius 2 is 1.72 bits per heavy atom. The molecule has 9 heteroatoms. The number of benzene rings is 1. The summed E-state index contributed by atoms with van der Waals surface area (Å²) in [7, 11) is -3.59. The van der Waals surface area contributed by atoms with Crippen LogP contribution in [0.25, 0.3) is 0 Å². The number of nitrogens with one attached hydrogen (secondary N) is 2. The van der Waals surface area contributed by atoms with Gasteiger partial charge in [0.05, 0.1) is 4.90 Å². The quantitative estimate of drug-likeness (QED) is 0.632. The van der Waals surface area contributed by atoms with Crippen LogP contribution in [0.2, 0.25) is 0 Å². The molecule has 1 aromatic carbocycles. The zero-order chi connectivity index (χ0) is 19.0. The Kier molecular flexibility index (Phi) is 8.01. The topological polar surface area (TPSA) is 111 Å². The first kappa shape index (κ1) is 21.1. The molecule has 0 saturated heterocycles. The zero-order valence-corrected chi connectivity index (χ0v) is 15.6. The highest BCUT2D eigenvalue weighted by molar-refractivity contribution is 7.89. The van der Waals surface area contributed by atoms with Crippen LogP contribution in [0.15, 0.2) is 29.2 Å². The van der Waals surface area contributed by atoms with Crippen LogP contribution >= 0.6 is 0 Å². The molecule has 0 aliphatic rings. The van der Waals surface area contributed by atoms with Crippen LogP contribution in [-0.2, 0) is 29.1 Å². The number of esters is 1. The van der Waals surface area contributed by atoms with Crippen molar-refractivity contribution in [3.8, 4) is 0 Å². The summed E-state index contributed by atoms with van der Waals surface area (Å²) in [4.78, 5) is 23.5. The van der Waals surface area contributed by atoms with Crippen molar-refractivity contribution in [1.82, 2.24) is 4.72 Å². The first-order valence-electron chi connectivity index (χ1n) is 7.86. The van der Waals surface area contributed by atoms with Crippen LogP contribution in [0.1, 0.15) is 27.7 Å². The fourth-order valence-electron chi connectivity index (χ4n) is 1.81. The third-order valence-corrected chi connectivity index (χ3v) is 4.60. The first-order valence-corrected chi connectivity index (χ1v) is 9.34. The highest BCUT2D eigenvalue weighted by Crippen LogP contribution is 2.15. The van der Waals surface area contributed by atoms with Gasteiger partial charge in [-0.2, -0.15) is 0 Å². The largest absolute Gasteiger partial charge is 0.451 e. The van der Waals surface area contributed by atoms with Gasteiger partial charge in [0.2, 0.25) is 10.0 Å². The van der Waals surface area contributed by atoms with Crippen LogP contribution in [0, 0.1) is 0 Å². The van der Waals surface area contributed by atoms with Crippen LogP contribution in [0.3, 0.4) is 0 Å². The van der Waals surface area contributed by atoms with Gasteiger partial charge in [0.1, 0.15) is 6.61 Å². The van der Waals surface area contributed by atoms with E-state index in [0.29, 0.717) is 12.3 Å². The van der Waals surface area contributed by atoms with Crippen LogP contribution in [0.5, 0.6) is 0 Å². The highest BCUT2D eigenvalue weighted by atomic mass is 32.2. The van der Waals surface area contributed by atoms with Gasteiger partial charge in [0, 0.05) is 18.3 Å². The van der Waals surface area contributed by atoms with Crippen molar-refractivity contribution in [2.75, 3.05) is 18.5 Å². The standard InChI is InChI=1S/C16H24N2O6S/c1-5-23-10-15(19)24-12(4)16(20)17-13-6-8-14(9-7-13)25(21,22)18-11(2)3/h6-9,11-12,18H,5,10H2,1-4H3,(H,17,20)/t12-/m0/s1. The Morgan fingerprint density at radius 1 is 1.12 bits per heavy atom. The Balaban J connectivity index is 2.65. The Morgan fingerprint density at radius 3 is 2.24 bits per heavy atom. The number of carbonyl (C=O) groups is 2. The molecule has 0 aromatic heterocycles. The lowest BCUT2D eigenvalue weighted by molar-refractivity contribution is -0.157. The van der Waals surface area contributed by atoms with Gasteiger partial charge in [0.15, 0.2) is 6.10 Å². The van der Waals surface area contributed by atoms with E-state index in [1.54, 1.807) is 20.8 Å². The van der Waals surface area contributed by atoms with Gasteiger partial charge < -0.3 is 14.8 Å². The summed E-state index contributed by atoms with van der Waals surface area (Å²) in [5.41, 5.74) is 0.390. The second-order valence-corrected chi connectivity index (χ2v) is 7.27. The molecule has 1 aromatic rings. The van der Waals surface area contributed by atoms with Gasteiger partial charge in [-0.3, -0.25) is 4.79 Å². The molecule has 0 unspecified atom stereocenters. The van der Waals surface area contributed by atoms with Crippen molar-refractivity contribution in [3.05, 3.63) is 24.3 Å². The van der Waals surface area contributed by atoms with E-state index < -0.39 is 28.0 Å². The molecule has 0 saturated carbocycles. The van der Waals surface area contributed by atoms with E-state index in [2.05, 4.69) is 10.0 Å². The summed E-state index contributed by atoms with van der Waals surface area (Å²) < 4.78 is 36.3. The molecular formula is C16H24N2O6S. The molecule has 0 bridgehead atoms. The van der Waals surface area contributed by atoms with Crippen LogP contribution in [0.4, 0.5) is 5.69 Å². The fourth-order valence-corrected chi connectivity index (χ4v) is 3.06. The molecule has 8 nitrogen and oxygen atoms in total. The third-order valence-electron chi connectivity index (χ3n) is 2.92. The molecule has 0 aliphatic carbocycles. The van der Waals surface area contributed by atoms with Crippen molar-refractivity contribution in [2.24, 2.45) is 0 Å². The average molecular weight is 372 g/mol. The second kappa shape index (κ2) is 9.50. The van der Waals surface area contributed by atoms with Crippen molar-refractivity contribution >= 4 is 27.6 Å². The third kappa shape index (κ3) is 7.20. The minimum atomic E-state index is -3.59. The SMILES string of the molecule is CCOCC(=O)O[C@@H](C)C(=O)Nc1ccc(S(=O)(=O)NC(C)C)cc1. The summed E-state index contributed by atoms with van der Waals surface area (Å²) >= 11 is 0. The number of carbonyl (C=O) groups excluding carboxylic acids is 2. The molecule has 0 fully saturated rings. The van der Waals surface area contributed by atoms with Gasteiger partial charge in [-0.15, -0.1) is 0 Å². The molecule has 1 atom stereocenters. The zero-order valence-electron chi connectivity index (χ0n) is 14.7. The first-order chi connectivity index (χ1) is 11.7. The Labute approximate surface area is 147 Å². The lowest BCUT2D eigenvalue weighted by Gasteiger charge is -2.14. The van der Waals surface area contributed by atoms with Crippen molar-refractivity contribution < 1.29 is 27.5 Å². The van der Waals surface area contributed by atoms with Crippen molar-refractivity contribution in [1.29, 1.82) is 0 Å². The number of rotatable bonds is 9. The van der Waals surface area contributed by atoms with Crippen LogP contribution in [-0.4, -0.2) is 45.7 Å². The Bertz CT molecular complexity index is 685. The fraction of sp³-hybridized carbons (Fsp3) is 0.500. The van der Waals surface area contributed by atoms with Gasteiger partial charge in [-0.05, 0) is 52.0 Å². The summed E-state index contributed by atoms with van der Waals surface area (Å²) in [6.45, 7) is 6.77. The molecule has 0 spiro atoms. The van der Waals surface area contributed by atoms with E-state index in [4.69, 9.17) is 9.47 Å². The van der Waals surface area contributed by atoms with E-state index in [1.807, 2.05) is 0 Å². The summed E-state index contributed by atoms with van der Waals surface area (Å²) in [6, 6.07) is 5.46. The summed E-state index contributed by atoms with van der Waals surface area (Å²) in [5.74, 6) is -1.16. The van der Waals surface area contributed by atoms with Gasteiger partial charge >= 0.3 is 5.97 Å². The summed E-state index contributed by atoms with van der Waals surface area (Å²) in [5, 5.41) is 2.55. The number of hydrogen-bond acceptors (Lipinski definition) is 6. The van der Waals surface area contributed by atoms with Gasteiger partial charge in [0.25, 0.3) is 5.91 Å². The smallest absolute Gasteiger partial charge is 0.332 e. The molecule has 140 valence electrons. The average Bonchev–Trinajstić information content (AvgIpc) is 2.52. The normalized spacial score (nSPS) is 12.7. The number of ether oxygens (including phenoxy) is 2. The monoisotopic (exact) mass is 372 g/mol. The predicted octanol–water partition coefficient (Wildman–Crippen LogP) is 1.28. The molecule has 1 amide bonds. The Hall–Kier alpha value is -1.97. The van der Waals surface area contributed by atoms with E-state index in [-0.39, 0.29) is 17.5 Å². The maximum atomic E-state index is 12.0. The van der Waals surface area contributed by atoms with Gasteiger partial charge in [-0.1, -0.05) is 0 Å². The molecule has 25 heavy (non-hydrogen) atoms. The number of amides is 1. The number of anilines is 1. The molecule has 2 N–H and O–H groups in total. The molecule has 0 radical (unpaired) electrons. The lowest BCUT2D eigenvalue weighted by Crippen LogP contribution is -2.31. The maximum Gasteiger partial charge on any atom is 0.332 e. The molecule has 0 aliphatic heterocycles. The van der Waals surface area contributed by atoms with E-state index in [0.717, 1.165) is 0 Å². The van der Waals surface area contributed by atoms with E-state index in [9.17, 15) is 18.0 Å². The minimum Gasteiger partial charge on any atom is -0.451 e. The van der Waals surface area contributed by atoms with Crippen molar-refractivity contribution in [2.45, 2.75) is 44.7 Å². The number of sulfonamides is 1. The van der Waals surface area contributed by atoms with Gasteiger partial charge in [-0.25, -0.2) is 17.9 Å². The van der Waals surface area contributed by atoms with Crippen LogP contribution < -0.4 is 10.0 Å². The molecule has 1 rings (SSSR count).